The highest BCUT2D eigenvalue weighted by Crippen LogP contribution is 2.39. The summed E-state index contributed by atoms with van der Waals surface area (Å²) < 4.78 is 0. The highest BCUT2D eigenvalue weighted by Gasteiger charge is 2.54. The second-order valence-electron chi connectivity index (χ2n) is 11.3. The number of primary amides is 1. The fourth-order valence-corrected chi connectivity index (χ4v) is 6.39. The number of hydrogen-bond acceptors (Lipinski definition) is 5. The first kappa shape index (κ1) is 27.7. The van der Waals surface area contributed by atoms with Gasteiger partial charge in [-0.25, -0.2) is 0 Å². The van der Waals surface area contributed by atoms with E-state index < -0.39 is 11.4 Å². The quantitative estimate of drug-likeness (QED) is 0.529. The van der Waals surface area contributed by atoms with E-state index in [-0.39, 0.29) is 30.3 Å². The Morgan fingerprint density at radius 3 is 2.25 bits per heavy atom. The number of nitrogens with zero attached hydrogens (tertiary/aromatic N) is 3. The first-order valence-electron chi connectivity index (χ1n) is 14.4. The first-order valence-corrected chi connectivity index (χ1v) is 14.4. The normalized spacial score (nSPS) is 19.2. The molecule has 2 aliphatic heterocycles. The lowest BCUT2D eigenvalue weighted by Gasteiger charge is -2.43. The molecule has 2 aromatic rings. The van der Waals surface area contributed by atoms with Gasteiger partial charge in [0.1, 0.15) is 12.1 Å². The second-order valence-corrected chi connectivity index (χ2v) is 11.3. The zero-order chi connectivity index (χ0) is 28.1. The fraction of sp³-hybridized carbons (Fsp3) is 0.484. The number of carbonyl (C=O) groups excluding carboxylic acids is 4. The summed E-state index contributed by atoms with van der Waals surface area (Å²) in [6.07, 6.45) is 7.44. The highest BCUT2D eigenvalue weighted by atomic mass is 16.2. The Kier molecular flexibility index (Phi) is 8.38. The topological polar surface area (TPSA) is 116 Å². The molecule has 0 bridgehead atoms. The Balaban J connectivity index is 1.22. The molecule has 0 radical (unpaired) electrons. The van der Waals surface area contributed by atoms with Gasteiger partial charge in [-0.2, -0.15) is 0 Å². The van der Waals surface area contributed by atoms with Crippen molar-refractivity contribution in [2.75, 3.05) is 31.2 Å². The molecule has 4 amide bonds. The van der Waals surface area contributed by atoms with Crippen LogP contribution in [0.15, 0.2) is 54.6 Å². The Labute approximate surface area is 235 Å². The third-order valence-corrected chi connectivity index (χ3v) is 8.70. The van der Waals surface area contributed by atoms with Gasteiger partial charge in [0.2, 0.25) is 17.7 Å². The molecule has 1 aliphatic carbocycles. The summed E-state index contributed by atoms with van der Waals surface area (Å²) >= 11 is 0. The zero-order valence-electron chi connectivity index (χ0n) is 23.0. The molecule has 40 heavy (non-hydrogen) atoms. The van der Waals surface area contributed by atoms with Crippen LogP contribution >= 0.6 is 0 Å². The molecule has 1 saturated carbocycles. The molecule has 212 valence electrons. The lowest BCUT2D eigenvalue weighted by molar-refractivity contribution is -0.140. The molecule has 0 unspecified atom stereocenters. The van der Waals surface area contributed by atoms with Crippen LogP contribution in [0.3, 0.4) is 0 Å². The number of hydrogen-bond donors (Lipinski definition) is 2. The highest BCUT2D eigenvalue weighted by molar-refractivity contribution is 5.96. The lowest BCUT2D eigenvalue weighted by Crippen LogP contribution is -2.57. The van der Waals surface area contributed by atoms with Crippen molar-refractivity contribution in [2.24, 2.45) is 5.73 Å². The molecule has 0 atom stereocenters. The van der Waals surface area contributed by atoms with Crippen molar-refractivity contribution in [1.29, 1.82) is 0 Å². The van der Waals surface area contributed by atoms with Gasteiger partial charge in [0, 0.05) is 36.8 Å². The van der Waals surface area contributed by atoms with Crippen LogP contribution in [0.25, 0.3) is 0 Å². The van der Waals surface area contributed by atoms with E-state index >= 15 is 0 Å². The molecule has 0 aromatic heterocycles. The van der Waals surface area contributed by atoms with E-state index in [1.54, 1.807) is 17.0 Å². The maximum atomic E-state index is 13.9. The molecule has 3 N–H and O–H groups in total. The summed E-state index contributed by atoms with van der Waals surface area (Å²) in [5.74, 6) is -0.549. The van der Waals surface area contributed by atoms with Crippen LogP contribution < -0.4 is 16.0 Å². The van der Waals surface area contributed by atoms with E-state index in [0.717, 1.165) is 36.9 Å². The number of aryl methyl sites for hydroxylation is 1. The average Bonchev–Trinajstić information content (AvgIpc) is 3.23. The molecule has 5 rings (SSSR count). The Morgan fingerprint density at radius 2 is 1.60 bits per heavy atom. The van der Waals surface area contributed by atoms with Gasteiger partial charge in [-0.1, -0.05) is 49.6 Å². The number of carbonyl (C=O) groups is 4. The molecule has 1 spiro atoms. The van der Waals surface area contributed by atoms with Gasteiger partial charge in [-0.05, 0) is 61.9 Å². The number of nitrogens with one attached hydrogen (secondary N) is 1. The summed E-state index contributed by atoms with van der Waals surface area (Å²) in [6.45, 7) is 1.38. The van der Waals surface area contributed by atoms with Crippen LogP contribution in [0, 0.1) is 0 Å². The standard InChI is InChI=1S/C31H39N5O4/c32-29(39)24-14-11-23(12-15-24)13-16-28(38)34-19-17-31(18-20-34)30(40)35(22-36(31)26-9-5-2-6-10-26)21-27(37)33-25-7-3-1-4-8-25/h2,5-6,9-12,14-15,25H,1,3-4,7-8,13,16-22H2,(H2,32,39)(H,33,37). The predicted molar refractivity (Wildman–Crippen MR) is 152 cm³/mol. The maximum Gasteiger partial charge on any atom is 0.250 e. The number of likely N-dealkylation sites (tertiary alicyclic amines) is 1. The van der Waals surface area contributed by atoms with E-state index in [0.29, 0.717) is 51.0 Å². The largest absolute Gasteiger partial charge is 0.366 e. The Morgan fingerprint density at radius 1 is 0.925 bits per heavy atom. The average molecular weight is 546 g/mol. The number of rotatable bonds is 8. The van der Waals surface area contributed by atoms with Crippen molar-refractivity contribution in [3.05, 3.63) is 65.7 Å². The molecule has 3 fully saturated rings. The minimum Gasteiger partial charge on any atom is -0.366 e. The molecule has 9 nitrogen and oxygen atoms in total. The van der Waals surface area contributed by atoms with Crippen LogP contribution in [-0.4, -0.2) is 71.3 Å². The molecule has 9 heteroatoms. The van der Waals surface area contributed by atoms with Gasteiger partial charge in [-0.15, -0.1) is 0 Å². The lowest BCUT2D eigenvalue weighted by atomic mass is 9.85. The second kappa shape index (κ2) is 12.1. The number of nitrogens with two attached hydrogens (primary N) is 1. The van der Waals surface area contributed by atoms with Crippen LogP contribution in [0.5, 0.6) is 0 Å². The van der Waals surface area contributed by atoms with Crippen LogP contribution in [0.2, 0.25) is 0 Å². The molecular formula is C31H39N5O4. The summed E-state index contributed by atoms with van der Waals surface area (Å²) in [5.41, 5.74) is 6.90. The fourth-order valence-electron chi connectivity index (χ4n) is 6.39. The van der Waals surface area contributed by atoms with Crippen molar-refractivity contribution in [2.45, 2.75) is 69.4 Å². The third-order valence-electron chi connectivity index (χ3n) is 8.70. The first-order chi connectivity index (χ1) is 19.4. The number of amides is 4. The van der Waals surface area contributed by atoms with Crippen molar-refractivity contribution in [3.8, 4) is 0 Å². The van der Waals surface area contributed by atoms with Crippen molar-refractivity contribution < 1.29 is 19.2 Å². The van der Waals surface area contributed by atoms with E-state index in [9.17, 15) is 19.2 Å². The SMILES string of the molecule is NC(=O)c1ccc(CCC(=O)N2CCC3(CC2)C(=O)N(CC(=O)NC2CCCCC2)CN3c2ccccc2)cc1. The van der Waals surface area contributed by atoms with Crippen molar-refractivity contribution >= 4 is 29.3 Å². The Bertz CT molecular complexity index is 1220. The Hall–Kier alpha value is -3.88. The predicted octanol–water partition coefficient (Wildman–Crippen LogP) is 2.83. The summed E-state index contributed by atoms with van der Waals surface area (Å²) in [6, 6.07) is 17.1. The van der Waals surface area contributed by atoms with Crippen molar-refractivity contribution in [1.82, 2.24) is 15.1 Å². The smallest absolute Gasteiger partial charge is 0.250 e. The molecule has 3 aliphatic rings. The van der Waals surface area contributed by atoms with Crippen molar-refractivity contribution in [3.63, 3.8) is 0 Å². The molecule has 2 heterocycles. The number of anilines is 1. The van der Waals surface area contributed by atoms with Crippen LogP contribution in [0.1, 0.15) is 67.3 Å². The summed E-state index contributed by atoms with van der Waals surface area (Å²) in [4.78, 5) is 56.9. The van der Waals surface area contributed by atoms with Crippen LogP contribution in [-0.2, 0) is 20.8 Å². The summed E-state index contributed by atoms with van der Waals surface area (Å²) in [5, 5.41) is 3.14. The van der Waals surface area contributed by atoms with Gasteiger partial charge < -0.3 is 25.8 Å². The van der Waals surface area contributed by atoms with Gasteiger partial charge in [0.15, 0.2) is 0 Å². The van der Waals surface area contributed by atoms with E-state index in [2.05, 4.69) is 10.2 Å². The van der Waals surface area contributed by atoms with Crippen LogP contribution in [0.4, 0.5) is 5.69 Å². The van der Waals surface area contributed by atoms with Gasteiger partial charge >= 0.3 is 0 Å². The zero-order valence-corrected chi connectivity index (χ0v) is 23.0. The molecule has 2 aromatic carbocycles. The minimum atomic E-state index is -0.770. The van der Waals surface area contributed by atoms with E-state index in [4.69, 9.17) is 5.73 Å². The minimum absolute atomic E-state index is 0.0308. The van der Waals surface area contributed by atoms with Gasteiger partial charge in [0.05, 0.1) is 6.67 Å². The third kappa shape index (κ3) is 5.98. The van der Waals surface area contributed by atoms with E-state index in [1.807, 2.05) is 47.4 Å². The van der Waals surface area contributed by atoms with Gasteiger partial charge in [0.25, 0.3) is 5.91 Å². The molecule has 2 saturated heterocycles. The maximum absolute atomic E-state index is 13.9. The van der Waals surface area contributed by atoms with E-state index in [1.165, 1.54) is 6.42 Å². The monoisotopic (exact) mass is 545 g/mol. The number of para-hydroxylation sites is 1. The molecular weight excluding hydrogens is 506 g/mol. The number of benzene rings is 2. The van der Waals surface area contributed by atoms with Gasteiger partial charge in [-0.3, -0.25) is 19.2 Å². The summed E-state index contributed by atoms with van der Waals surface area (Å²) in [7, 11) is 0. The number of piperidine rings is 1.